The second-order valence-electron chi connectivity index (χ2n) is 7.00. The molecule has 1 saturated heterocycles. The Labute approximate surface area is 177 Å². The van der Waals surface area contributed by atoms with Gasteiger partial charge in [-0.2, -0.15) is 17.5 Å². The summed E-state index contributed by atoms with van der Waals surface area (Å²) in [7, 11) is -3.55. The van der Waals surface area contributed by atoms with Gasteiger partial charge in [-0.05, 0) is 43.0 Å². The van der Waals surface area contributed by atoms with Gasteiger partial charge in [0, 0.05) is 31.7 Å². The molecule has 1 aliphatic heterocycles. The third kappa shape index (κ3) is 4.21. The summed E-state index contributed by atoms with van der Waals surface area (Å²) in [5, 5.41) is 11.7. The Morgan fingerprint density at radius 3 is 2.33 bits per heavy atom. The van der Waals surface area contributed by atoms with Gasteiger partial charge in [-0.25, -0.2) is 8.42 Å². The van der Waals surface area contributed by atoms with Crippen LogP contribution < -0.4 is 4.90 Å². The van der Waals surface area contributed by atoms with Crippen molar-refractivity contribution < 1.29 is 26.7 Å². The van der Waals surface area contributed by atoms with Crippen molar-refractivity contribution in [3.05, 3.63) is 46.8 Å². The normalized spacial score (nSPS) is 17.9. The fourth-order valence-electron chi connectivity index (χ4n) is 3.22. The van der Waals surface area contributed by atoms with Gasteiger partial charge in [-0.3, -0.25) is 0 Å². The number of nitrogens with zero attached hydrogens (tertiary/aromatic N) is 2. The summed E-state index contributed by atoms with van der Waals surface area (Å²) < 4.78 is 66.6. The molecule has 0 saturated carbocycles. The van der Waals surface area contributed by atoms with Crippen LogP contribution in [0.5, 0.6) is 0 Å². The highest BCUT2D eigenvalue weighted by molar-refractivity contribution is 7.91. The zero-order chi connectivity index (χ0) is 22.2. The Morgan fingerprint density at radius 1 is 1.13 bits per heavy atom. The average molecular weight is 459 g/mol. The van der Waals surface area contributed by atoms with E-state index in [-0.39, 0.29) is 22.9 Å². The molecule has 3 rings (SSSR count). The number of anilines is 1. The van der Waals surface area contributed by atoms with E-state index in [1.165, 1.54) is 22.5 Å². The first-order chi connectivity index (χ1) is 14.0. The molecule has 1 aromatic carbocycles. The quantitative estimate of drug-likeness (QED) is 0.714. The number of alkyl halides is 3. The average Bonchev–Trinajstić information content (AvgIpc) is 3.23. The van der Waals surface area contributed by atoms with E-state index in [4.69, 9.17) is 0 Å². The third-order valence-electron chi connectivity index (χ3n) is 5.04. The van der Waals surface area contributed by atoms with Crippen molar-refractivity contribution in [3.8, 4) is 11.8 Å². The minimum Gasteiger partial charge on any atom is -0.376 e. The van der Waals surface area contributed by atoms with Crippen molar-refractivity contribution in [1.29, 1.82) is 0 Å². The van der Waals surface area contributed by atoms with E-state index in [1.54, 1.807) is 24.4 Å². The highest BCUT2D eigenvalue weighted by Gasteiger charge is 2.51. The van der Waals surface area contributed by atoms with Gasteiger partial charge in [-0.15, -0.1) is 17.3 Å². The summed E-state index contributed by atoms with van der Waals surface area (Å²) in [6.45, 7) is 3.53. The van der Waals surface area contributed by atoms with Crippen LogP contribution >= 0.6 is 11.3 Å². The molecule has 0 spiro atoms. The van der Waals surface area contributed by atoms with E-state index in [0.717, 1.165) is 11.3 Å². The van der Waals surface area contributed by atoms with Crippen molar-refractivity contribution in [2.24, 2.45) is 0 Å². The Morgan fingerprint density at radius 2 is 1.80 bits per heavy atom. The van der Waals surface area contributed by atoms with Crippen LogP contribution in [0.3, 0.4) is 0 Å². The second-order valence-corrected chi connectivity index (χ2v) is 10.1. The van der Waals surface area contributed by atoms with E-state index >= 15 is 0 Å². The summed E-state index contributed by atoms with van der Waals surface area (Å²) in [4.78, 5) is 1.90. The van der Waals surface area contributed by atoms with Crippen molar-refractivity contribution in [2.75, 3.05) is 31.1 Å². The minimum absolute atomic E-state index is 0.251. The van der Waals surface area contributed by atoms with Gasteiger partial charge >= 0.3 is 6.18 Å². The molecule has 30 heavy (non-hydrogen) atoms. The molecule has 1 aromatic heterocycles. The Balaban J connectivity index is 1.84. The number of aliphatic hydroxyl groups is 1. The molecule has 1 fully saturated rings. The van der Waals surface area contributed by atoms with Crippen LogP contribution in [0.15, 0.2) is 39.9 Å². The smallest absolute Gasteiger partial charge is 0.376 e. The first-order valence-corrected chi connectivity index (χ1v) is 11.5. The lowest BCUT2D eigenvalue weighted by molar-refractivity contribution is -0.258. The molecule has 0 amide bonds. The van der Waals surface area contributed by atoms with Crippen LogP contribution in [0, 0.1) is 11.8 Å². The van der Waals surface area contributed by atoms with Crippen LogP contribution in [0.4, 0.5) is 18.9 Å². The molecule has 0 bridgehead atoms. The van der Waals surface area contributed by atoms with Crippen molar-refractivity contribution in [2.45, 2.75) is 29.8 Å². The summed E-state index contributed by atoms with van der Waals surface area (Å²) in [6.07, 6.45) is -4.83. The number of benzene rings is 1. The monoisotopic (exact) mass is 458 g/mol. The standard InChI is InChI=1S/C20H21F3N2O3S2/c1-3-5-15-14-16(19(2,26)20(21,22)23)7-8-17(15)24-9-11-25(12-10-24)30(27,28)18-6-4-13-29-18/h4,6-8,13-14,26H,9-12H2,1-2H3. The van der Waals surface area contributed by atoms with Gasteiger partial charge in [0.15, 0.2) is 5.60 Å². The predicted octanol–water partition coefficient (Wildman–Crippen LogP) is 3.40. The van der Waals surface area contributed by atoms with Crippen LogP contribution in [0.25, 0.3) is 0 Å². The van der Waals surface area contributed by atoms with Gasteiger partial charge in [0.1, 0.15) is 4.21 Å². The number of rotatable bonds is 4. The largest absolute Gasteiger partial charge is 0.421 e. The molecule has 2 heterocycles. The van der Waals surface area contributed by atoms with Crippen LogP contribution in [-0.4, -0.2) is 50.2 Å². The molecular weight excluding hydrogens is 437 g/mol. The Bertz CT molecular complexity index is 1060. The first kappa shape index (κ1) is 22.6. The minimum atomic E-state index is -4.83. The molecule has 0 aliphatic carbocycles. The van der Waals surface area contributed by atoms with Gasteiger partial charge < -0.3 is 10.0 Å². The van der Waals surface area contributed by atoms with Crippen LogP contribution in [-0.2, 0) is 15.6 Å². The van der Waals surface area contributed by atoms with Crippen molar-refractivity contribution >= 4 is 27.0 Å². The van der Waals surface area contributed by atoms with Crippen molar-refractivity contribution in [1.82, 2.24) is 4.31 Å². The fourth-order valence-corrected chi connectivity index (χ4v) is 5.79. The van der Waals surface area contributed by atoms with E-state index in [9.17, 15) is 26.7 Å². The van der Waals surface area contributed by atoms with Gasteiger partial charge in [0.05, 0.1) is 5.69 Å². The Hall–Kier alpha value is -2.06. The highest BCUT2D eigenvalue weighted by Crippen LogP contribution is 2.40. The lowest BCUT2D eigenvalue weighted by atomic mass is 9.93. The van der Waals surface area contributed by atoms with Gasteiger partial charge in [-0.1, -0.05) is 18.1 Å². The summed E-state index contributed by atoms with van der Waals surface area (Å²) in [5.41, 5.74) is -2.33. The molecule has 5 nitrogen and oxygen atoms in total. The number of halogens is 3. The zero-order valence-corrected chi connectivity index (χ0v) is 18.0. The maximum atomic E-state index is 13.2. The second kappa shape index (κ2) is 8.23. The first-order valence-electron chi connectivity index (χ1n) is 9.13. The molecule has 162 valence electrons. The maximum Gasteiger partial charge on any atom is 0.421 e. The number of sulfonamides is 1. The summed E-state index contributed by atoms with van der Waals surface area (Å²) >= 11 is 1.16. The van der Waals surface area contributed by atoms with Crippen LogP contribution in [0.2, 0.25) is 0 Å². The molecule has 10 heteroatoms. The molecule has 0 radical (unpaired) electrons. The SMILES string of the molecule is CC#Cc1cc(C(C)(O)C(F)(F)F)ccc1N1CCN(S(=O)(=O)c2cccs2)CC1. The third-order valence-corrected chi connectivity index (χ3v) is 8.31. The number of hydrogen-bond donors (Lipinski definition) is 1. The molecule has 1 unspecified atom stereocenters. The van der Waals surface area contributed by atoms with E-state index in [2.05, 4.69) is 11.8 Å². The molecular formula is C20H21F3N2O3S2. The Kier molecular flexibility index (Phi) is 6.20. The molecule has 1 N–H and O–H groups in total. The van der Waals surface area contributed by atoms with Gasteiger partial charge in [0.25, 0.3) is 10.0 Å². The van der Waals surface area contributed by atoms with Crippen LogP contribution in [0.1, 0.15) is 25.0 Å². The maximum absolute atomic E-state index is 13.2. The fraction of sp³-hybridized carbons (Fsp3) is 0.400. The lowest BCUT2D eigenvalue weighted by Crippen LogP contribution is -2.48. The highest BCUT2D eigenvalue weighted by atomic mass is 32.2. The number of hydrogen-bond acceptors (Lipinski definition) is 5. The number of piperazine rings is 1. The lowest BCUT2D eigenvalue weighted by Gasteiger charge is -2.36. The van der Waals surface area contributed by atoms with E-state index in [1.807, 2.05) is 4.90 Å². The summed E-state index contributed by atoms with van der Waals surface area (Å²) in [5.74, 6) is 5.49. The van der Waals surface area contributed by atoms with Crippen molar-refractivity contribution in [3.63, 3.8) is 0 Å². The number of thiophene rings is 1. The molecule has 1 aliphatic rings. The molecule has 1 atom stereocenters. The van der Waals surface area contributed by atoms with Gasteiger partial charge in [0.2, 0.25) is 0 Å². The zero-order valence-electron chi connectivity index (χ0n) is 16.4. The molecule has 2 aromatic rings. The van der Waals surface area contributed by atoms with E-state index < -0.39 is 21.8 Å². The summed E-state index contributed by atoms with van der Waals surface area (Å²) in [6, 6.07) is 7.22. The van der Waals surface area contributed by atoms with E-state index in [0.29, 0.717) is 31.3 Å². The topological polar surface area (TPSA) is 60.9 Å². The predicted molar refractivity (Wildman–Crippen MR) is 110 cm³/mol.